The first-order valence-corrected chi connectivity index (χ1v) is 5.87. The second-order valence-corrected chi connectivity index (χ2v) is 4.52. The highest BCUT2D eigenvalue weighted by molar-refractivity contribution is 7.80. The van der Waals surface area contributed by atoms with E-state index in [0.29, 0.717) is 12.1 Å². The number of anilines is 1. The minimum absolute atomic E-state index is 0.00837. The molecular weight excluding hydrogens is 222 g/mol. The van der Waals surface area contributed by atoms with Gasteiger partial charge in [0.2, 0.25) is 5.91 Å². The smallest absolute Gasteiger partial charge is 0.224 e. The molecule has 0 radical (unpaired) electrons. The van der Waals surface area contributed by atoms with Crippen molar-refractivity contribution in [3.8, 4) is 5.75 Å². The first-order valence-electron chi connectivity index (χ1n) is 5.35. The number of phenolic OH excluding ortho intramolecular Hbond substituents is 1. The van der Waals surface area contributed by atoms with E-state index in [9.17, 15) is 9.90 Å². The quantitative estimate of drug-likeness (QED) is 0.558. The number of nitrogens with one attached hydrogen (secondary N) is 1. The fourth-order valence-electron chi connectivity index (χ4n) is 1.42. The van der Waals surface area contributed by atoms with Crippen molar-refractivity contribution in [3.05, 3.63) is 23.8 Å². The van der Waals surface area contributed by atoms with Crippen LogP contribution >= 0.6 is 12.6 Å². The maximum absolute atomic E-state index is 11.4. The van der Waals surface area contributed by atoms with Crippen molar-refractivity contribution in [2.75, 3.05) is 5.32 Å². The molecule has 4 heteroatoms. The highest BCUT2D eigenvalue weighted by Crippen LogP contribution is 2.30. The molecule has 0 saturated carbocycles. The van der Waals surface area contributed by atoms with Gasteiger partial charge in [-0.15, -0.1) is 0 Å². The van der Waals surface area contributed by atoms with Gasteiger partial charge >= 0.3 is 0 Å². The van der Waals surface area contributed by atoms with Crippen molar-refractivity contribution in [1.29, 1.82) is 0 Å². The molecule has 16 heavy (non-hydrogen) atoms. The molecule has 1 atom stereocenters. The number of hydrogen-bond acceptors (Lipinski definition) is 3. The molecule has 0 bridgehead atoms. The number of carbonyl (C=O) groups is 1. The first-order chi connectivity index (χ1) is 7.54. The lowest BCUT2D eigenvalue weighted by molar-refractivity contribution is -0.116. The molecule has 0 aromatic heterocycles. The molecular formula is C12H17NO2S. The van der Waals surface area contributed by atoms with E-state index in [4.69, 9.17) is 0 Å². The van der Waals surface area contributed by atoms with E-state index in [2.05, 4.69) is 17.9 Å². The standard InChI is InChI=1S/C12H17NO2S/c1-3-4-12(15)13-9-5-6-11(14)10(7-9)8(2)16/h5-8,14,16H,3-4H2,1-2H3,(H,13,15). The van der Waals surface area contributed by atoms with Crippen LogP contribution in [-0.2, 0) is 4.79 Å². The van der Waals surface area contributed by atoms with Crippen LogP contribution in [0.1, 0.15) is 37.5 Å². The Kier molecular flexibility index (Phi) is 4.68. The second kappa shape index (κ2) is 5.80. The summed E-state index contributed by atoms with van der Waals surface area (Å²) in [6.07, 6.45) is 1.33. The normalized spacial score (nSPS) is 12.2. The number of hydrogen-bond donors (Lipinski definition) is 3. The largest absolute Gasteiger partial charge is 0.508 e. The Labute approximate surface area is 101 Å². The Morgan fingerprint density at radius 1 is 1.56 bits per heavy atom. The van der Waals surface area contributed by atoms with Crippen molar-refractivity contribution < 1.29 is 9.90 Å². The fraction of sp³-hybridized carbons (Fsp3) is 0.417. The highest BCUT2D eigenvalue weighted by atomic mass is 32.1. The Morgan fingerprint density at radius 2 is 2.25 bits per heavy atom. The van der Waals surface area contributed by atoms with E-state index < -0.39 is 0 Å². The van der Waals surface area contributed by atoms with Crippen LogP contribution in [0.2, 0.25) is 0 Å². The molecule has 88 valence electrons. The molecule has 1 rings (SSSR count). The van der Waals surface area contributed by atoms with Crippen LogP contribution in [-0.4, -0.2) is 11.0 Å². The van der Waals surface area contributed by atoms with Crippen LogP contribution in [0.25, 0.3) is 0 Å². The van der Waals surface area contributed by atoms with E-state index in [-0.39, 0.29) is 16.9 Å². The van der Waals surface area contributed by atoms with Gasteiger partial charge in [-0.25, -0.2) is 0 Å². The lowest BCUT2D eigenvalue weighted by Gasteiger charge is -2.11. The summed E-state index contributed by atoms with van der Waals surface area (Å²) in [5.74, 6) is 0.196. The number of benzene rings is 1. The minimum Gasteiger partial charge on any atom is -0.508 e. The first kappa shape index (κ1) is 12.9. The van der Waals surface area contributed by atoms with Gasteiger partial charge in [0.1, 0.15) is 5.75 Å². The molecule has 0 saturated heterocycles. The van der Waals surface area contributed by atoms with Crippen molar-refractivity contribution in [1.82, 2.24) is 0 Å². The van der Waals surface area contributed by atoms with E-state index in [0.717, 1.165) is 12.0 Å². The van der Waals surface area contributed by atoms with Gasteiger partial charge in [-0.2, -0.15) is 12.6 Å². The fourth-order valence-corrected chi connectivity index (χ4v) is 1.62. The van der Waals surface area contributed by atoms with Gasteiger partial charge < -0.3 is 10.4 Å². The number of rotatable bonds is 4. The summed E-state index contributed by atoms with van der Waals surface area (Å²) < 4.78 is 0. The lowest BCUT2D eigenvalue weighted by Crippen LogP contribution is -2.10. The van der Waals surface area contributed by atoms with Crippen LogP contribution in [0.5, 0.6) is 5.75 Å². The Bertz CT molecular complexity index is 377. The average molecular weight is 239 g/mol. The highest BCUT2D eigenvalue weighted by Gasteiger charge is 2.08. The number of amides is 1. The molecule has 0 aliphatic rings. The van der Waals surface area contributed by atoms with Crippen molar-refractivity contribution in [3.63, 3.8) is 0 Å². The van der Waals surface area contributed by atoms with Crippen molar-refractivity contribution in [2.45, 2.75) is 31.9 Å². The number of phenols is 1. The van der Waals surface area contributed by atoms with E-state index in [1.165, 1.54) is 0 Å². The summed E-state index contributed by atoms with van der Waals surface area (Å²) in [5.41, 5.74) is 1.42. The molecule has 0 aliphatic carbocycles. The average Bonchev–Trinajstić information content (AvgIpc) is 2.21. The SMILES string of the molecule is CCCC(=O)Nc1ccc(O)c(C(C)S)c1. The summed E-state index contributed by atoms with van der Waals surface area (Å²) in [7, 11) is 0. The van der Waals surface area contributed by atoms with Gasteiger partial charge in [-0.3, -0.25) is 4.79 Å². The lowest BCUT2D eigenvalue weighted by atomic mass is 10.1. The predicted molar refractivity (Wildman–Crippen MR) is 69.0 cm³/mol. The number of thiol groups is 1. The summed E-state index contributed by atoms with van der Waals surface area (Å²) in [6.45, 7) is 3.83. The van der Waals surface area contributed by atoms with Crippen molar-refractivity contribution >= 4 is 24.2 Å². The van der Waals surface area contributed by atoms with E-state index in [1.807, 2.05) is 13.8 Å². The zero-order valence-electron chi connectivity index (χ0n) is 9.53. The maximum Gasteiger partial charge on any atom is 0.224 e. The summed E-state index contributed by atoms with van der Waals surface area (Å²) in [6, 6.07) is 5.01. The molecule has 1 aromatic carbocycles. The zero-order valence-corrected chi connectivity index (χ0v) is 10.4. The van der Waals surface area contributed by atoms with Crippen LogP contribution in [0, 0.1) is 0 Å². The summed E-state index contributed by atoms with van der Waals surface area (Å²) in [4.78, 5) is 11.4. The number of aromatic hydroxyl groups is 1. The number of carbonyl (C=O) groups excluding carboxylic acids is 1. The summed E-state index contributed by atoms with van der Waals surface area (Å²) >= 11 is 4.26. The Hall–Kier alpha value is -1.16. The molecule has 0 fully saturated rings. The Morgan fingerprint density at radius 3 is 2.81 bits per heavy atom. The van der Waals surface area contributed by atoms with Gasteiger partial charge in [0.15, 0.2) is 0 Å². The van der Waals surface area contributed by atoms with Gasteiger partial charge in [-0.05, 0) is 31.5 Å². The van der Waals surface area contributed by atoms with Gasteiger partial charge in [0, 0.05) is 22.9 Å². The Balaban J connectivity index is 2.82. The van der Waals surface area contributed by atoms with Gasteiger partial charge in [0.25, 0.3) is 0 Å². The molecule has 0 spiro atoms. The van der Waals surface area contributed by atoms with Crippen molar-refractivity contribution in [2.24, 2.45) is 0 Å². The van der Waals surface area contributed by atoms with Crippen LogP contribution in [0.3, 0.4) is 0 Å². The molecule has 1 unspecified atom stereocenters. The van der Waals surface area contributed by atoms with Crippen LogP contribution in [0.15, 0.2) is 18.2 Å². The molecule has 0 aliphatic heterocycles. The molecule has 2 N–H and O–H groups in total. The second-order valence-electron chi connectivity index (χ2n) is 3.75. The molecule has 0 heterocycles. The molecule has 1 aromatic rings. The predicted octanol–water partition coefficient (Wildman–Crippen LogP) is 3.12. The minimum atomic E-state index is -0.0666. The van der Waals surface area contributed by atoms with E-state index in [1.54, 1.807) is 18.2 Å². The third-order valence-electron chi connectivity index (χ3n) is 2.24. The monoisotopic (exact) mass is 239 g/mol. The third-order valence-corrected chi connectivity index (χ3v) is 2.52. The van der Waals surface area contributed by atoms with Crippen LogP contribution in [0.4, 0.5) is 5.69 Å². The van der Waals surface area contributed by atoms with E-state index >= 15 is 0 Å². The van der Waals surface area contributed by atoms with Crippen LogP contribution < -0.4 is 5.32 Å². The topological polar surface area (TPSA) is 49.3 Å². The zero-order chi connectivity index (χ0) is 12.1. The van der Waals surface area contributed by atoms with Gasteiger partial charge in [0.05, 0.1) is 0 Å². The van der Waals surface area contributed by atoms with Gasteiger partial charge in [-0.1, -0.05) is 6.92 Å². The molecule has 1 amide bonds. The maximum atomic E-state index is 11.4. The third kappa shape index (κ3) is 3.45. The summed E-state index contributed by atoms with van der Waals surface area (Å²) in [5, 5.41) is 12.3. The molecule has 3 nitrogen and oxygen atoms in total.